The van der Waals surface area contributed by atoms with Crippen molar-refractivity contribution in [3.05, 3.63) is 83.5 Å². The fourth-order valence-electron chi connectivity index (χ4n) is 1.70. The van der Waals surface area contributed by atoms with E-state index in [0.29, 0.717) is 0 Å². The Balaban J connectivity index is -0.0000000383. The summed E-state index contributed by atoms with van der Waals surface area (Å²) in [5, 5.41) is 12.9. The number of rotatable bonds is 2. The van der Waals surface area contributed by atoms with E-state index in [4.69, 9.17) is 5.11 Å². The van der Waals surface area contributed by atoms with E-state index in [1.807, 2.05) is 6.92 Å². The normalized spacial score (nSPS) is 14.0. The van der Waals surface area contributed by atoms with Crippen LogP contribution in [0.25, 0.3) is 9.06 Å². The summed E-state index contributed by atoms with van der Waals surface area (Å²) in [4.78, 5) is 0.199. The van der Waals surface area contributed by atoms with E-state index in [-0.39, 0.29) is 94.6 Å². The average molecular weight is 659 g/mol. The molecule has 0 saturated carbocycles. The minimum Gasteiger partial charge on any atom is -0.637 e. The van der Waals surface area contributed by atoms with E-state index in [1.165, 1.54) is 18.6 Å². The molecule has 2 rings (SSSR count). The van der Waals surface area contributed by atoms with Crippen molar-refractivity contribution in [1.82, 2.24) is 0 Å². The van der Waals surface area contributed by atoms with Crippen LogP contribution in [-0.2, 0) is 49.0 Å². The van der Waals surface area contributed by atoms with E-state index in [1.54, 1.807) is 12.1 Å². The molecule has 1 unspecified atom stereocenters. The van der Waals surface area contributed by atoms with Crippen LogP contribution < -0.4 is 0 Å². The van der Waals surface area contributed by atoms with Gasteiger partial charge in [-0.15, -0.1) is 6.54 Å². The maximum Gasteiger partial charge on any atom is 0.109 e. The molecule has 9 heteroatoms. The van der Waals surface area contributed by atoms with E-state index < -0.39 is 10.0 Å². The van der Waals surface area contributed by atoms with Gasteiger partial charge in [-0.25, -0.2) is 24.6 Å². The maximum atomic E-state index is 11.1. The third kappa shape index (κ3) is 21.5. The van der Waals surface area contributed by atoms with Crippen molar-refractivity contribution in [2.75, 3.05) is 6.54 Å². The summed E-state index contributed by atoms with van der Waals surface area (Å²) in [7, 11) is -3.47. The molecule has 0 aromatic heterocycles. The zero-order valence-corrected chi connectivity index (χ0v) is 23.7. The van der Waals surface area contributed by atoms with E-state index in [9.17, 15) is 8.42 Å². The van der Waals surface area contributed by atoms with E-state index in [2.05, 4.69) is 25.2 Å². The topological polar surface area (TPSA) is 82.6 Å². The van der Waals surface area contributed by atoms with Crippen LogP contribution in [0.4, 0.5) is 0 Å². The minimum absolute atomic E-state index is 0. The molecule has 5 nitrogen and oxygen atoms in total. The summed E-state index contributed by atoms with van der Waals surface area (Å²) in [6.45, 7) is 2.75. The first-order valence-corrected chi connectivity index (χ1v) is 8.60. The number of halogens is 1. The summed E-state index contributed by atoms with van der Waals surface area (Å²) in [6.07, 6.45) is 4.07. The van der Waals surface area contributed by atoms with Crippen molar-refractivity contribution in [2.24, 2.45) is 0 Å². The van der Waals surface area contributed by atoms with Gasteiger partial charge in [0, 0.05) is 43.9 Å². The van der Waals surface area contributed by atoms with Gasteiger partial charge < -0.3 is 58.7 Å². The Morgan fingerprint density at radius 3 is 1.86 bits per heavy atom. The average Bonchev–Trinajstić information content (AvgIpc) is 2.68. The molecular formula is C19H37BrN2O3Rh2S-8. The first-order chi connectivity index (χ1) is 9.45. The fraction of sp³-hybridized carbons (Fsp3) is 0.368. The molecule has 0 spiro atoms. The number of aryl methyl sites for hydroxylation is 1. The number of aliphatic hydroxyl groups excluding tert-OH is 1. The fourth-order valence-corrected chi connectivity index (χ4v) is 2.76. The van der Waals surface area contributed by atoms with Gasteiger partial charge in [-0.05, 0) is 31.7 Å². The van der Waals surface area contributed by atoms with Crippen LogP contribution in [0, 0.1) is 51.5 Å². The van der Waals surface area contributed by atoms with E-state index >= 15 is 0 Å². The second kappa shape index (κ2) is 27.8. The molecule has 1 heterocycles. The molecule has 180 valence electrons. The first-order valence-electron chi connectivity index (χ1n) is 6.45. The molecule has 0 aliphatic carbocycles. The molecule has 1 aromatic carbocycles. The minimum atomic E-state index is -3.47. The Bertz CT molecular complexity index is 496. The second-order valence-corrected chi connectivity index (χ2v) is 7.02. The Morgan fingerprint density at radius 2 is 1.43 bits per heavy atom. The molecule has 1 aliphatic heterocycles. The standard InChI is InChI=1S/C7H7BrNO2S.C6H12NO.6CH3.2Rh/c1-6-2-4-7(5-3-6)12(10,11)9-8;8-6-4-2-1-3-5-7-6;;;;;;;;/h2-5H,1H3;6,8H,1-5H2;6*1H3;;/q8*-1;;. The van der Waals surface area contributed by atoms with Crippen LogP contribution in [-0.4, -0.2) is 26.3 Å². The molecule has 1 aromatic rings. The molecular weight excluding hydrogens is 622 g/mol. The number of sulfonamides is 1. The molecule has 28 heavy (non-hydrogen) atoms. The number of hydrogen-bond acceptors (Lipinski definition) is 3. The molecule has 1 saturated heterocycles. The van der Waals surface area contributed by atoms with Crippen LogP contribution >= 0.6 is 16.1 Å². The first kappa shape index (κ1) is 51.4. The van der Waals surface area contributed by atoms with Crippen molar-refractivity contribution in [2.45, 2.75) is 43.7 Å². The Morgan fingerprint density at radius 1 is 0.964 bits per heavy atom. The molecule has 1 fully saturated rings. The molecule has 1 atom stereocenters. The van der Waals surface area contributed by atoms with E-state index in [0.717, 1.165) is 31.4 Å². The monoisotopic (exact) mass is 658 g/mol. The smallest absolute Gasteiger partial charge is 0.109 e. The predicted molar refractivity (Wildman–Crippen MR) is 122 cm³/mol. The van der Waals surface area contributed by atoms with Crippen LogP contribution in [0.3, 0.4) is 0 Å². The summed E-state index contributed by atoms with van der Waals surface area (Å²) < 4.78 is 25.3. The van der Waals surface area contributed by atoms with Crippen LogP contribution in [0.15, 0.2) is 29.2 Å². The molecule has 1 N–H and O–H groups in total. The predicted octanol–water partition coefficient (Wildman–Crippen LogP) is 6.32. The summed E-state index contributed by atoms with van der Waals surface area (Å²) in [6, 6.07) is 6.50. The van der Waals surface area contributed by atoms with Crippen molar-refractivity contribution in [3.8, 4) is 0 Å². The number of nitrogens with zero attached hydrogens (tertiary/aromatic N) is 2. The second-order valence-electron chi connectivity index (χ2n) is 4.59. The third-order valence-electron chi connectivity index (χ3n) is 2.87. The van der Waals surface area contributed by atoms with Gasteiger partial charge >= 0.3 is 0 Å². The third-order valence-corrected chi connectivity index (χ3v) is 5.06. The van der Waals surface area contributed by atoms with Gasteiger partial charge in [-0.3, -0.25) is 0 Å². The quantitative estimate of drug-likeness (QED) is 0.298. The number of aliphatic hydroxyl groups is 1. The Kier molecular flexibility index (Phi) is 51.0. The van der Waals surface area contributed by atoms with Crippen LogP contribution in [0.1, 0.15) is 31.2 Å². The van der Waals surface area contributed by atoms with Gasteiger partial charge in [-0.1, -0.05) is 37.0 Å². The van der Waals surface area contributed by atoms with Gasteiger partial charge in [0.25, 0.3) is 0 Å². The Labute approximate surface area is 211 Å². The van der Waals surface area contributed by atoms with Crippen LogP contribution in [0.2, 0.25) is 0 Å². The number of hydrogen-bond donors (Lipinski definition) is 1. The summed E-state index contributed by atoms with van der Waals surface area (Å²) >= 11 is 2.56. The number of benzene rings is 1. The SMILES string of the molecule is Cc1ccc(S(=O)(=O)[N-]Br)cc1.OC1CCCCC[N-]1.[CH3-].[CH3-].[CH3-].[CH3-].[CH3-].[CH3-].[Rh].[Rh]. The zero-order valence-electron chi connectivity index (χ0n) is 18.0. The summed E-state index contributed by atoms with van der Waals surface area (Å²) in [5.74, 6) is 0. The van der Waals surface area contributed by atoms with Crippen molar-refractivity contribution in [3.63, 3.8) is 0 Å². The van der Waals surface area contributed by atoms with Crippen molar-refractivity contribution in [1.29, 1.82) is 0 Å². The van der Waals surface area contributed by atoms with Gasteiger partial charge in [-0.2, -0.15) is 0 Å². The van der Waals surface area contributed by atoms with Crippen LogP contribution in [0.5, 0.6) is 0 Å². The van der Waals surface area contributed by atoms with Gasteiger partial charge in [0.15, 0.2) is 0 Å². The molecule has 2 radical (unpaired) electrons. The van der Waals surface area contributed by atoms with Gasteiger partial charge in [0.2, 0.25) is 0 Å². The van der Waals surface area contributed by atoms with Gasteiger partial charge in [0.05, 0.1) is 0 Å². The largest absolute Gasteiger partial charge is 0.637 e. The molecule has 0 amide bonds. The van der Waals surface area contributed by atoms with Crippen molar-refractivity contribution < 1.29 is 52.5 Å². The maximum absolute atomic E-state index is 11.1. The van der Waals surface area contributed by atoms with Crippen molar-refractivity contribution >= 4 is 26.2 Å². The molecule has 0 bridgehead atoms. The summed E-state index contributed by atoms with van der Waals surface area (Å²) in [5.41, 5.74) is 1.02. The molecule has 1 aliphatic rings. The Hall–Kier alpha value is 0.777. The zero-order chi connectivity index (χ0) is 15.0. The van der Waals surface area contributed by atoms with Gasteiger partial charge in [0.1, 0.15) is 10.0 Å².